The molecule has 1 fully saturated rings. The number of carbonyl (C=O) groups is 2. The summed E-state index contributed by atoms with van der Waals surface area (Å²) in [5, 5.41) is 8.83. The van der Waals surface area contributed by atoms with E-state index in [0.29, 0.717) is 0 Å². The molecular weight excluding hydrogens is 303 g/mol. The number of alkyl halides is 1. The van der Waals surface area contributed by atoms with Gasteiger partial charge in [-0.2, -0.15) is 0 Å². The molecule has 0 radical (unpaired) electrons. The number of carboxylic acid groups (broad SMARTS) is 1. The Bertz CT molecular complexity index is 542. The zero-order chi connectivity index (χ0) is 16.6. The third kappa shape index (κ3) is 4.37. The third-order valence-electron chi connectivity index (χ3n) is 3.36. The molecule has 7 nitrogen and oxygen atoms in total. The van der Waals surface area contributed by atoms with E-state index < -0.39 is 45.6 Å². The first-order valence-corrected chi connectivity index (χ1v) is 8.34. The van der Waals surface area contributed by atoms with E-state index in [4.69, 9.17) is 5.11 Å². The van der Waals surface area contributed by atoms with Gasteiger partial charge in [0.2, 0.25) is 21.6 Å². The lowest BCUT2D eigenvalue weighted by molar-refractivity contribution is -0.150. The molecule has 122 valence electrons. The summed E-state index contributed by atoms with van der Waals surface area (Å²) in [5.41, 5.74) is -3.20. The van der Waals surface area contributed by atoms with Crippen molar-refractivity contribution in [2.75, 3.05) is 19.3 Å². The maximum atomic E-state index is 14.0. The van der Waals surface area contributed by atoms with Crippen LogP contribution in [0.4, 0.5) is 4.39 Å². The molecule has 0 aromatic rings. The first-order valence-electron chi connectivity index (χ1n) is 6.45. The van der Waals surface area contributed by atoms with Crippen LogP contribution in [0.15, 0.2) is 0 Å². The van der Waals surface area contributed by atoms with Gasteiger partial charge in [0.25, 0.3) is 0 Å². The molecular formula is C12H21FN2O5S. The third-order valence-corrected chi connectivity index (χ3v) is 4.02. The van der Waals surface area contributed by atoms with Crippen molar-refractivity contribution in [1.29, 1.82) is 0 Å². The van der Waals surface area contributed by atoms with Gasteiger partial charge in [0.15, 0.2) is 0 Å². The Hall–Kier alpha value is -1.22. The molecule has 0 aliphatic carbocycles. The molecule has 2 N–H and O–H groups in total. The van der Waals surface area contributed by atoms with E-state index in [1.807, 2.05) is 0 Å². The van der Waals surface area contributed by atoms with E-state index in [2.05, 4.69) is 4.72 Å². The van der Waals surface area contributed by atoms with Gasteiger partial charge in [-0.1, -0.05) is 20.8 Å². The van der Waals surface area contributed by atoms with E-state index in [0.717, 1.165) is 11.2 Å². The van der Waals surface area contributed by atoms with Crippen LogP contribution in [-0.4, -0.2) is 61.4 Å². The molecule has 1 aliphatic heterocycles. The zero-order valence-corrected chi connectivity index (χ0v) is 13.3. The second kappa shape index (κ2) is 5.53. The SMILES string of the molecule is CC(C)(C)C(NS(C)(=O)=O)C(=O)N1CCC(F)(C(=O)O)C1. The smallest absolute Gasteiger partial charge is 0.343 e. The van der Waals surface area contributed by atoms with Crippen LogP contribution in [-0.2, 0) is 19.6 Å². The van der Waals surface area contributed by atoms with Crippen LogP contribution in [0, 0.1) is 5.41 Å². The lowest BCUT2D eigenvalue weighted by Gasteiger charge is -2.33. The fraction of sp³-hybridized carbons (Fsp3) is 0.833. The van der Waals surface area contributed by atoms with Gasteiger partial charge in [-0.25, -0.2) is 22.3 Å². The number of nitrogens with one attached hydrogen (secondary N) is 1. The summed E-state index contributed by atoms with van der Waals surface area (Å²) in [6, 6.07) is -1.08. The van der Waals surface area contributed by atoms with Crippen molar-refractivity contribution in [3.63, 3.8) is 0 Å². The Labute approximate surface area is 123 Å². The number of amides is 1. The molecule has 9 heteroatoms. The minimum atomic E-state index is -3.63. The first kappa shape index (κ1) is 17.8. The predicted octanol–water partition coefficient (Wildman–Crippen LogP) is -0.0245. The van der Waals surface area contributed by atoms with Crippen molar-refractivity contribution < 1.29 is 27.5 Å². The van der Waals surface area contributed by atoms with E-state index in [-0.39, 0.29) is 13.0 Å². The van der Waals surface area contributed by atoms with Crippen LogP contribution in [0.5, 0.6) is 0 Å². The maximum Gasteiger partial charge on any atom is 0.343 e. The molecule has 1 heterocycles. The summed E-state index contributed by atoms with van der Waals surface area (Å²) < 4.78 is 39.0. The quantitative estimate of drug-likeness (QED) is 0.756. The highest BCUT2D eigenvalue weighted by atomic mass is 32.2. The molecule has 1 saturated heterocycles. The molecule has 0 aromatic carbocycles. The van der Waals surface area contributed by atoms with Gasteiger partial charge in [-0.15, -0.1) is 0 Å². The number of nitrogens with zero attached hydrogens (tertiary/aromatic N) is 1. The van der Waals surface area contributed by atoms with Crippen LogP contribution < -0.4 is 4.72 Å². The normalized spacial score (nSPS) is 24.9. The molecule has 21 heavy (non-hydrogen) atoms. The second-order valence-corrected chi connectivity index (χ2v) is 8.25. The number of halogens is 1. The Morgan fingerprint density at radius 1 is 1.38 bits per heavy atom. The van der Waals surface area contributed by atoms with Crippen LogP contribution in [0.1, 0.15) is 27.2 Å². The Kier molecular flexibility index (Phi) is 4.69. The second-order valence-electron chi connectivity index (χ2n) is 6.47. The zero-order valence-electron chi connectivity index (χ0n) is 12.5. The highest BCUT2D eigenvalue weighted by Crippen LogP contribution is 2.29. The van der Waals surface area contributed by atoms with Crippen molar-refractivity contribution in [2.45, 2.75) is 38.9 Å². The largest absolute Gasteiger partial charge is 0.479 e. The van der Waals surface area contributed by atoms with Gasteiger partial charge >= 0.3 is 5.97 Å². The average molecular weight is 324 g/mol. The fourth-order valence-corrected chi connectivity index (χ4v) is 3.01. The topological polar surface area (TPSA) is 104 Å². The van der Waals surface area contributed by atoms with Crippen molar-refractivity contribution >= 4 is 21.9 Å². The lowest BCUT2D eigenvalue weighted by Crippen LogP contribution is -2.54. The van der Waals surface area contributed by atoms with Crippen LogP contribution in [0.2, 0.25) is 0 Å². The molecule has 2 atom stereocenters. The average Bonchev–Trinajstić information content (AvgIpc) is 2.67. The number of rotatable bonds is 4. The molecule has 0 saturated carbocycles. The number of hydrogen-bond donors (Lipinski definition) is 2. The Morgan fingerprint density at radius 3 is 2.24 bits per heavy atom. The predicted molar refractivity (Wildman–Crippen MR) is 73.9 cm³/mol. The first-order chi connectivity index (χ1) is 9.26. The monoisotopic (exact) mass is 324 g/mol. The minimum absolute atomic E-state index is 0.0559. The maximum absolute atomic E-state index is 14.0. The molecule has 0 aromatic heterocycles. The summed E-state index contributed by atoms with van der Waals surface area (Å²) in [7, 11) is -3.63. The lowest BCUT2D eigenvalue weighted by atomic mass is 9.86. The summed E-state index contributed by atoms with van der Waals surface area (Å²) in [4.78, 5) is 24.3. The number of likely N-dealkylation sites (tertiary alicyclic amines) is 1. The van der Waals surface area contributed by atoms with E-state index >= 15 is 0 Å². The summed E-state index contributed by atoms with van der Waals surface area (Å²) in [5.74, 6) is -2.23. The Balaban J connectivity index is 2.96. The van der Waals surface area contributed by atoms with Crippen LogP contribution >= 0.6 is 0 Å². The van der Waals surface area contributed by atoms with Crippen LogP contribution in [0.25, 0.3) is 0 Å². The van der Waals surface area contributed by atoms with Gasteiger partial charge in [0, 0.05) is 13.0 Å². The summed E-state index contributed by atoms with van der Waals surface area (Å²) in [6.07, 6.45) is 0.628. The number of sulfonamides is 1. The minimum Gasteiger partial charge on any atom is -0.479 e. The summed E-state index contributed by atoms with van der Waals surface area (Å²) in [6.45, 7) is 4.38. The fourth-order valence-electron chi connectivity index (χ4n) is 2.13. The van der Waals surface area contributed by atoms with Crippen LogP contribution in [0.3, 0.4) is 0 Å². The molecule has 1 amide bonds. The van der Waals surface area contributed by atoms with Gasteiger partial charge in [-0.3, -0.25) is 4.79 Å². The van der Waals surface area contributed by atoms with Crippen molar-refractivity contribution in [2.24, 2.45) is 5.41 Å². The van der Waals surface area contributed by atoms with Gasteiger partial charge in [0.05, 0.1) is 12.8 Å². The number of hydrogen-bond acceptors (Lipinski definition) is 4. The van der Waals surface area contributed by atoms with Gasteiger partial charge < -0.3 is 10.0 Å². The van der Waals surface area contributed by atoms with E-state index in [9.17, 15) is 22.4 Å². The van der Waals surface area contributed by atoms with Gasteiger partial charge in [0.1, 0.15) is 6.04 Å². The molecule has 2 unspecified atom stereocenters. The van der Waals surface area contributed by atoms with Crippen molar-refractivity contribution in [1.82, 2.24) is 9.62 Å². The van der Waals surface area contributed by atoms with E-state index in [1.54, 1.807) is 20.8 Å². The van der Waals surface area contributed by atoms with Gasteiger partial charge in [-0.05, 0) is 5.41 Å². The van der Waals surface area contributed by atoms with E-state index in [1.165, 1.54) is 0 Å². The molecule has 1 aliphatic rings. The number of carbonyl (C=O) groups excluding carboxylic acids is 1. The molecule has 1 rings (SSSR count). The standard InChI is InChI=1S/C12H21FN2O5S/c1-11(2,3)8(14-21(4,19)20)9(16)15-6-5-12(13,7-15)10(17)18/h8,14H,5-7H2,1-4H3,(H,17,18). The highest BCUT2D eigenvalue weighted by molar-refractivity contribution is 7.88. The summed E-state index contributed by atoms with van der Waals surface area (Å²) >= 11 is 0. The van der Waals surface area contributed by atoms with Crippen molar-refractivity contribution in [3.8, 4) is 0 Å². The number of carboxylic acids is 1. The highest BCUT2D eigenvalue weighted by Gasteiger charge is 2.49. The number of aliphatic carboxylic acids is 1. The Morgan fingerprint density at radius 2 is 1.90 bits per heavy atom. The van der Waals surface area contributed by atoms with Crippen molar-refractivity contribution in [3.05, 3.63) is 0 Å². The molecule has 0 spiro atoms. The molecule has 0 bridgehead atoms.